The highest BCUT2D eigenvalue weighted by Crippen LogP contribution is 2.25. The van der Waals surface area contributed by atoms with Gasteiger partial charge in [0.1, 0.15) is 12.6 Å². The molecule has 1 saturated carbocycles. The molecule has 196 valence electrons. The number of rotatable bonds is 9. The lowest BCUT2D eigenvalue weighted by molar-refractivity contribution is -0.139. The van der Waals surface area contributed by atoms with Gasteiger partial charge in [-0.05, 0) is 68.1 Å². The Hall–Kier alpha value is -2.10. The highest BCUT2D eigenvalue weighted by Gasteiger charge is 2.31. The van der Waals surface area contributed by atoms with Crippen molar-refractivity contribution in [3.63, 3.8) is 0 Å². The van der Waals surface area contributed by atoms with Crippen LogP contribution in [0, 0.1) is 6.92 Å². The lowest BCUT2D eigenvalue weighted by atomic mass is 9.95. The quantitative estimate of drug-likeness (QED) is 0.438. The summed E-state index contributed by atoms with van der Waals surface area (Å²) < 4.78 is 27.3. The van der Waals surface area contributed by atoms with Crippen molar-refractivity contribution >= 4 is 55.1 Å². The van der Waals surface area contributed by atoms with Gasteiger partial charge in [0.15, 0.2) is 0 Å². The van der Waals surface area contributed by atoms with Crippen LogP contribution in [0.3, 0.4) is 0 Å². The molecule has 0 bridgehead atoms. The molecular formula is C26H33BrClN3O4S. The number of halogens is 2. The van der Waals surface area contributed by atoms with Gasteiger partial charge in [0.05, 0.1) is 11.9 Å². The summed E-state index contributed by atoms with van der Waals surface area (Å²) in [6.45, 7) is 3.21. The minimum Gasteiger partial charge on any atom is -0.352 e. The third kappa shape index (κ3) is 7.70. The van der Waals surface area contributed by atoms with Crippen LogP contribution in [0.2, 0.25) is 5.02 Å². The van der Waals surface area contributed by atoms with Crippen molar-refractivity contribution in [3.8, 4) is 0 Å². The molecule has 0 radical (unpaired) electrons. The Morgan fingerprint density at radius 3 is 2.44 bits per heavy atom. The average molecular weight is 599 g/mol. The maximum absolute atomic E-state index is 13.7. The molecule has 10 heteroatoms. The summed E-state index contributed by atoms with van der Waals surface area (Å²) in [5, 5.41) is 3.60. The number of hydrogen-bond acceptors (Lipinski definition) is 4. The summed E-state index contributed by atoms with van der Waals surface area (Å²) >= 11 is 9.58. The van der Waals surface area contributed by atoms with Crippen molar-refractivity contribution in [3.05, 3.63) is 63.1 Å². The van der Waals surface area contributed by atoms with Crippen LogP contribution < -0.4 is 9.62 Å². The number of carbonyl (C=O) groups excluding carboxylic acids is 2. The summed E-state index contributed by atoms with van der Waals surface area (Å²) in [7, 11) is -3.78. The van der Waals surface area contributed by atoms with E-state index in [-0.39, 0.29) is 18.5 Å². The van der Waals surface area contributed by atoms with Crippen molar-refractivity contribution < 1.29 is 18.0 Å². The largest absolute Gasteiger partial charge is 0.352 e. The van der Waals surface area contributed by atoms with Gasteiger partial charge in [0, 0.05) is 22.1 Å². The fourth-order valence-corrected chi connectivity index (χ4v) is 5.68. The first-order valence-electron chi connectivity index (χ1n) is 12.0. The molecule has 0 unspecified atom stereocenters. The van der Waals surface area contributed by atoms with Gasteiger partial charge in [-0.25, -0.2) is 8.42 Å². The number of sulfonamides is 1. The smallest absolute Gasteiger partial charge is 0.244 e. The van der Waals surface area contributed by atoms with Crippen LogP contribution in [0.25, 0.3) is 0 Å². The Morgan fingerprint density at radius 1 is 1.14 bits per heavy atom. The molecule has 0 aliphatic heterocycles. The van der Waals surface area contributed by atoms with Crippen LogP contribution in [0.5, 0.6) is 0 Å². The van der Waals surface area contributed by atoms with Crippen molar-refractivity contribution in [1.29, 1.82) is 0 Å². The molecule has 36 heavy (non-hydrogen) atoms. The monoisotopic (exact) mass is 597 g/mol. The third-order valence-corrected chi connectivity index (χ3v) is 8.73. The van der Waals surface area contributed by atoms with E-state index in [4.69, 9.17) is 11.6 Å². The first-order valence-corrected chi connectivity index (χ1v) is 15.1. The van der Waals surface area contributed by atoms with Crippen LogP contribution in [-0.4, -0.2) is 50.0 Å². The van der Waals surface area contributed by atoms with E-state index >= 15 is 0 Å². The average Bonchev–Trinajstić information content (AvgIpc) is 2.82. The predicted molar refractivity (Wildman–Crippen MR) is 148 cm³/mol. The SMILES string of the molecule is Cc1cc(N(CC(=O)N(Cc2cccc(Cl)c2)[C@H](C)C(=O)NC2CCCCC2)S(C)(=O)=O)ccc1Br. The molecule has 0 heterocycles. The van der Waals surface area contributed by atoms with Gasteiger partial charge in [-0.15, -0.1) is 0 Å². The fraction of sp³-hybridized carbons (Fsp3) is 0.462. The number of aryl methyl sites for hydroxylation is 1. The molecule has 1 N–H and O–H groups in total. The molecule has 0 saturated heterocycles. The number of amides is 2. The van der Waals surface area contributed by atoms with Gasteiger partial charge in [-0.3, -0.25) is 13.9 Å². The normalized spacial score (nSPS) is 15.2. The van der Waals surface area contributed by atoms with Gasteiger partial charge in [-0.2, -0.15) is 0 Å². The lowest BCUT2D eigenvalue weighted by Crippen LogP contribution is -2.53. The Bertz CT molecular complexity index is 1200. The summed E-state index contributed by atoms with van der Waals surface area (Å²) in [5.74, 6) is -0.727. The molecule has 1 aliphatic carbocycles. The Kier molecular flexibility index (Phi) is 9.83. The number of anilines is 1. The van der Waals surface area contributed by atoms with Crippen LogP contribution in [-0.2, 0) is 26.2 Å². The summed E-state index contributed by atoms with van der Waals surface area (Å²) in [4.78, 5) is 28.3. The molecule has 1 atom stereocenters. The molecule has 7 nitrogen and oxygen atoms in total. The highest BCUT2D eigenvalue weighted by atomic mass is 79.9. The van der Waals surface area contributed by atoms with Crippen molar-refractivity contribution in [2.45, 2.75) is 64.6 Å². The van der Waals surface area contributed by atoms with E-state index in [2.05, 4.69) is 21.2 Å². The predicted octanol–water partition coefficient (Wildman–Crippen LogP) is 5.04. The van der Waals surface area contributed by atoms with Crippen molar-refractivity contribution in [2.75, 3.05) is 17.1 Å². The second-order valence-electron chi connectivity index (χ2n) is 9.37. The summed E-state index contributed by atoms with van der Waals surface area (Å²) in [5.41, 5.74) is 1.97. The van der Waals surface area contributed by atoms with E-state index in [0.29, 0.717) is 10.7 Å². The third-order valence-electron chi connectivity index (χ3n) is 6.47. The van der Waals surface area contributed by atoms with E-state index in [1.54, 1.807) is 43.3 Å². The van der Waals surface area contributed by atoms with Crippen molar-refractivity contribution in [1.82, 2.24) is 10.2 Å². The standard InChI is InChI=1S/C26H33BrClN3O4S/c1-18-14-23(12-13-24(18)27)31(36(3,34)35)17-25(32)30(16-20-8-7-9-21(28)15-20)19(2)26(33)29-22-10-5-4-6-11-22/h7-9,12-15,19,22H,4-6,10-11,16-17H2,1-3H3,(H,29,33)/t19-/m1/s1. The second-order valence-corrected chi connectivity index (χ2v) is 12.6. The van der Waals surface area contributed by atoms with E-state index < -0.39 is 28.5 Å². The van der Waals surface area contributed by atoms with E-state index in [1.807, 2.05) is 13.0 Å². The Labute approximate surface area is 227 Å². The highest BCUT2D eigenvalue weighted by molar-refractivity contribution is 9.10. The summed E-state index contributed by atoms with van der Waals surface area (Å²) in [6, 6.07) is 11.5. The van der Waals surface area contributed by atoms with E-state index in [9.17, 15) is 18.0 Å². The maximum Gasteiger partial charge on any atom is 0.244 e. The van der Waals surface area contributed by atoms with E-state index in [0.717, 1.165) is 58.3 Å². The van der Waals surface area contributed by atoms with Gasteiger partial charge in [0.2, 0.25) is 21.8 Å². The molecule has 1 fully saturated rings. The van der Waals surface area contributed by atoms with Gasteiger partial charge in [0.25, 0.3) is 0 Å². The molecule has 0 spiro atoms. The zero-order valence-corrected chi connectivity index (χ0v) is 24.0. The van der Waals surface area contributed by atoms with Gasteiger partial charge >= 0.3 is 0 Å². The molecule has 2 aromatic rings. The molecule has 3 rings (SSSR count). The minimum absolute atomic E-state index is 0.0927. The lowest BCUT2D eigenvalue weighted by Gasteiger charge is -2.33. The van der Waals surface area contributed by atoms with Crippen LogP contribution in [0.4, 0.5) is 5.69 Å². The maximum atomic E-state index is 13.7. The number of nitrogens with zero attached hydrogens (tertiary/aromatic N) is 2. The Morgan fingerprint density at radius 2 is 1.83 bits per heavy atom. The first-order chi connectivity index (χ1) is 17.0. The molecule has 1 aliphatic rings. The topological polar surface area (TPSA) is 86.8 Å². The zero-order chi connectivity index (χ0) is 26.5. The number of benzene rings is 2. The first kappa shape index (κ1) is 28.5. The number of hydrogen-bond donors (Lipinski definition) is 1. The minimum atomic E-state index is -3.78. The van der Waals surface area contributed by atoms with E-state index in [1.165, 1.54) is 4.90 Å². The number of nitrogens with one attached hydrogen (secondary N) is 1. The molecule has 0 aromatic heterocycles. The molecular weight excluding hydrogens is 566 g/mol. The number of carbonyl (C=O) groups is 2. The summed E-state index contributed by atoms with van der Waals surface area (Å²) in [6.07, 6.45) is 6.22. The second kappa shape index (κ2) is 12.4. The fourth-order valence-electron chi connectivity index (χ4n) is 4.38. The van der Waals surface area contributed by atoms with Crippen LogP contribution in [0.1, 0.15) is 50.2 Å². The zero-order valence-electron chi connectivity index (χ0n) is 20.8. The molecule has 2 amide bonds. The van der Waals surface area contributed by atoms with Gasteiger partial charge in [-0.1, -0.05) is 58.9 Å². The van der Waals surface area contributed by atoms with Crippen LogP contribution >= 0.6 is 27.5 Å². The Balaban J connectivity index is 1.88. The molecule has 2 aromatic carbocycles. The van der Waals surface area contributed by atoms with Crippen LogP contribution in [0.15, 0.2) is 46.9 Å². The van der Waals surface area contributed by atoms with Crippen molar-refractivity contribution in [2.24, 2.45) is 0 Å². The van der Waals surface area contributed by atoms with Gasteiger partial charge < -0.3 is 10.2 Å².